The minimum absolute atomic E-state index is 0.323. The number of nitrogens with zero attached hydrogens (tertiary/aromatic N) is 4. The first kappa shape index (κ1) is 23.4. The molecule has 0 spiro atoms. The molecule has 1 saturated heterocycles. The van der Waals surface area contributed by atoms with Crippen LogP contribution in [0.15, 0.2) is 72.8 Å². The highest BCUT2D eigenvalue weighted by Gasteiger charge is 2.23. The number of aryl methyl sites for hydroxylation is 1. The zero-order chi connectivity index (χ0) is 22.9. The molecule has 0 bridgehead atoms. The van der Waals surface area contributed by atoms with Crippen LogP contribution < -0.4 is 4.90 Å². The van der Waals surface area contributed by atoms with Crippen molar-refractivity contribution >= 4 is 17.3 Å². The zero-order valence-electron chi connectivity index (χ0n) is 18.5. The third-order valence-corrected chi connectivity index (χ3v) is 5.98. The minimum atomic E-state index is 0.323. The number of rotatable bonds is 3. The summed E-state index contributed by atoms with van der Waals surface area (Å²) in [7, 11) is 0. The Labute approximate surface area is 195 Å². The third kappa shape index (κ3) is 6.11. The zero-order valence-corrected chi connectivity index (χ0v) is 19.3. The van der Waals surface area contributed by atoms with Crippen LogP contribution >= 0.6 is 11.6 Å². The van der Waals surface area contributed by atoms with Crippen molar-refractivity contribution in [2.75, 3.05) is 31.1 Å². The maximum Gasteiger partial charge on any atom is 0.101 e. The molecule has 1 fully saturated rings. The standard InChI is InChI=1S/C21H22N4.C6H5Cl/c1-16-3-8-21(20(13-16)15-23)25-11-9-24(10-12-25)17(2)19-6-4-18(14-22)5-7-19;7-6-4-2-1-3-5-6/h3-8,13,17H,9-12H2,1-2H3;1-5H. The Hall–Kier alpha value is -3.31. The van der Waals surface area contributed by atoms with E-state index in [4.69, 9.17) is 16.9 Å². The molecule has 0 aliphatic carbocycles. The van der Waals surface area contributed by atoms with Crippen molar-refractivity contribution in [2.24, 2.45) is 0 Å². The predicted molar refractivity (Wildman–Crippen MR) is 131 cm³/mol. The second kappa shape index (κ2) is 11.3. The number of halogens is 1. The van der Waals surface area contributed by atoms with Crippen LogP contribution in [0.2, 0.25) is 5.02 Å². The van der Waals surface area contributed by atoms with E-state index in [2.05, 4.69) is 41.0 Å². The Balaban J connectivity index is 0.000000352. The maximum atomic E-state index is 9.40. The van der Waals surface area contributed by atoms with E-state index in [1.54, 1.807) is 0 Å². The number of piperazine rings is 1. The van der Waals surface area contributed by atoms with Crippen LogP contribution in [0.5, 0.6) is 0 Å². The lowest BCUT2D eigenvalue weighted by molar-refractivity contribution is 0.198. The van der Waals surface area contributed by atoms with Gasteiger partial charge < -0.3 is 4.90 Å². The van der Waals surface area contributed by atoms with Crippen molar-refractivity contribution in [3.05, 3.63) is 100 Å². The SMILES string of the molecule is Cc1ccc(N2CCN(C(C)c3ccc(C#N)cc3)CC2)c(C#N)c1.Clc1ccccc1. The van der Waals surface area contributed by atoms with Gasteiger partial charge in [0.05, 0.1) is 22.9 Å². The molecule has 0 aromatic heterocycles. The van der Waals surface area contributed by atoms with Crippen molar-refractivity contribution in [3.63, 3.8) is 0 Å². The summed E-state index contributed by atoms with van der Waals surface area (Å²) >= 11 is 5.54. The molecular weight excluding hydrogens is 416 g/mol. The number of benzene rings is 3. The van der Waals surface area contributed by atoms with Gasteiger partial charge in [-0.05, 0) is 61.4 Å². The number of hydrogen-bond donors (Lipinski definition) is 0. The predicted octanol–water partition coefficient (Wildman–Crippen LogP) is 5.96. The monoisotopic (exact) mass is 442 g/mol. The average molecular weight is 443 g/mol. The van der Waals surface area contributed by atoms with E-state index < -0.39 is 0 Å². The van der Waals surface area contributed by atoms with Crippen LogP contribution in [0.25, 0.3) is 0 Å². The molecule has 0 amide bonds. The average Bonchev–Trinajstić information content (AvgIpc) is 2.84. The lowest BCUT2D eigenvalue weighted by atomic mass is 10.0. The summed E-state index contributed by atoms with van der Waals surface area (Å²) in [6.45, 7) is 7.97. The molecule has 0 radical (unpaired) electrons. The first-order chi connectivity index (χ1) is 15.5. The van der Waals surface area contributed by atoms with Crippen LogP contribution in [-0.2, 0) is 0 Å². The fourth-order valence-electron chi connectivity index (χ4n) is 3.83. The van der Waals surface area contributed by atoms with Crippen molar-refractivity contribution in [3.8, 4) is 12.1 Å². The smallest absolute Gasteiger partial charge is 0.101 e. The van der Waals surface area contributed by atoms with E-state index in [0.29, 0.717) is 11.6 Å². The van der Waals surface area contributed by atoms with E-state index in [0.717, 1.165) is 48.0 Å². The summed E-state index contributed by atoms with van der Waals surface area (Å²) in [5.41, 5.74) is 4.85. The molecule has 32 heavy (non-hydrogen) atoms. The van der Waals surface area contributed by atoms with E-state index in [-0.39, 0.29) is 0 Å². The molecule has 4 nitrogen and oxygen atoms in total. The largest absolute Gasteiger partial charge is 0.368 e. The van der Waals surface area contributed by atoms with Crippen molar-refractivity contribution in [1.82, 2.24) is 4.90 Å². The van der Waals surface area contributed by atoms with Gasteiger partial charge in [-0.15, -0.1) is 0 Å². The summed E-state index contributed by atoms with van der Waals surface area (Å²) < 4.78 is 0. The molecule has 0 saturated carbocycles. The molecule has 0 N–H and O–H groups in total. The molecule has 1 atom stereocenters. The van der Waals surface area contributed by atoms with E-state index >= 15 is 0 Å². The quantitative estimate of drug-likeness (QED) is 0.502. The normalized spacial score (nSPS) is 14.5. The topological polar surface area (TPSA) is 54.1 Å². The van der Waals surface area contributed by atoms with Crippen LogP contribution in [0.4, 0.5) is 5.69 Å². The number of hydrogen-bond acceptors (Lipinski definition) is 4. The molecule has 1 aliphatic heterocycles. The number of anilines is 1. The van der Waals surface area contributed by atoms with Gasteiger partial charge in [0.15, 0.2) is 0 Å². The fraction of sp³-hybridized carbons (Fsp3) is 0.259. The summed E-state index contributed by atoms with van der Waals surface area (Å²) in [5.74, 6) is 0. The van der Waals surface area contributed by atoms with Gasteiger partial charge in [0.25, 0.3) is 0 Å². The first-order valence-corrected chi connectivity index (χ1v) is 11.1. The first-order valence-electron chi connectivity index (χ1n) is 10.7. The highest BCUT2D eigenvalue weighted by Crippen LogP contribution is 2.26. The second-order valence-electron chi connectivity index (χ2n) is 7.86. The van der Waals surface area contributed by atoms with Crippen LogP contribution in [0.1, 0.15) is 35.2 Å². The van der Waals surface area contributed by atoms with Gasteiger partial charge in [-0.3, -0.25) is 4.90 Å². The molecule has 4 rings (SSSR count). The van der Waals surface area contributed by atoms with Gasteiger partial charge in [-0.25, -0.2) is 0 Å². The summed E-state index contributed by atoms with van der Waals surface area (Å²) in [5, 5.41) is 19.1. The molecule has 1 heterocycles. The molecule has 3 aromatic carbocycles. The highest BCUT2D eigenvalue weighted by atomic mass is 35.5. The van der Waals surface area contributed by atoms with Gasteiger partial charge in [-0.2, -0.15) is 10.5 Å². The molecule has 1 aliphatic rings. The summed E-state index contributed by atoms with van der Waals surface area (Å²) in [4.78, 5) is 4.76. The van der Waals surface area contributed by atoms with Crippen molar-refractivity contribution in [1.29, 1.82) is 10.5 Å². The van der Waals surface area contributed by atoms with Gasteiger partial charge in [0, 0.05) is 37.2 Å². The van der Waals surface area contributed by atoms with Crippen LogP contribution in [-0.4, -0.2) is 31.1 Å². The maximum absolute atomic E-state index is 9.40. The summed E-state index contributed by atoms with van der Waals surface area (Å²) in [6.07, 6.45) is 0. The minimum Gasteiger partial charge on any atom is -0.368 e. The summed E-state index contributed by atoms with van der Waals surface area (Å²) in [6, 6.07) is 28.2. The molecule has 162 valence electrons. The lowest BCUT2D eigenvalue weighted by Gasteiger charge is -2.39. The Morgan fingerprint density at radius 3 is 2.03 bits per heavy atom. The fourth-order valence-corrected chi connectivity index (χ4v) is 3.97. The molecule has 1 unspecified atom stereocenters. The van der Waals surface area contributed by atoms with Gasteiger partial charge in [0.1, 0.15) is 6.07 Å². The lowest BCUT2D eigenvalue weighted by Crippen LogP contribution is -2.47. The van der Waals surface area contributed by atoms with Gasteiger partial charge >= 0.3 is 0 Å². The van der Waals surface area contributed by atoms with Gasteiger partial charge in [-0.1, -0.05) is 48.0 Å². The van der Waals surface area contributed by atoms with Gasteiger partial charge in [0.2, 0.25) is 0 Å². The number of nitriles is 2. The van der Waals surface area contributed by atoms with E-state index in [1.165, 1.54) is 5.56 Å². The Bertz CT molecular complexity index is 1090. The molecule has 3 aromatic rings. The molecule has 5 heteroatoms. The second-order valence-corrected chi connectivity index (χ2v) is 8.30. The van der Waals surface area contributed by atoms with Crippen molar-refractivity contribution < 1.29 is 0 Å². The van der Waals surface area contributed by atoms with Crippen molar-refractivity contribution in [2.45, 2.75) is 19.9 Å². The third-order valence-electron chi connectivity index (χ3n) is 5.73. The van der Waals surface area contributed by atoms with Crippen LogP contribution in [0, 0.1) is 29.6 Å². The van der Waals surface area contributed by atoms with Crippen LogP contribution in [0.3, 0.4) is 0 Å². The Kier molecular flexibility index (Phi) is 8.28. The Morgan fingerprint density at radius 2 is 1.50 bits per heavy atom. The molecular formula is C27H27ClN4. The van der Waals surface area contributed by atoms with E-state index in [1.807, 2.05) is 67.6 Å². The highest BCUT2D eigenvalue weighted by molar-refractivity contribution is 6.30. The Morgan fingerprint density at radius 1 is 0.844 bits per heavy atom. The van der Waals surface area contributed by atoms with E-state index in [9.17, 15) is 5.26 Å².